The summed E-state index contributed by atoms with van der Waals surface area (Å²) < 4.78 is 30.3. The van der Waals surface area contributed by atoms with E-state index in [2.05, 4.69) is 5.32 Å². The Balaban J connectivity index is 1.13. The highest BCUT2D eigenvalue weighted by Gasteiger charge is 2.57. The van der Waals surface area contributed by atoms with Crippen molar-refractivity contribution in [2.45, 2.75) is 64.5 Å². The van der Waals surface area contributed by atoms with Gasteiger partial charge in [-0.15, -0.1) is 0 Å². The van der Waals surface area contributed by atoms with Crippen LogP contribution in [0, 0.1) is 25.7 Å². The van der Waals surface area contributed by atoms with Crippen LogP contribution >= 0.6 is 0 Å². The predicted molar refractivity (Wildman–Crippen MR) is 123 cm³/mol. The summed E-state index contributed by atoms with van der Waals surface area (Å²) in [6.07, 6.45) is 2.86. The van der Waals surface area contributed by atoms with Crippen molar-refractivity contribution in [1.82, 2.24) is 5.32 Å². The summed E-state index contributed by atoms with van der Waals surface area (Å²) in [5, 5.41) is 3.16. The first-order valence-corrected chi connectivity index (χ1v) is 11.9. The number of nitrogens with one attached hydrogen (secondary N) is 1. The zero-order valence-corrected chi connectivity index (χ0v) is 19.8. The quantitative estimate of drug-likeness (QED) is 0.593. The number of aryl methyl sites for hydroxylation is 2. The fraction of sp³-hybridized carbons (Fsp3) is 0.481. The van der Waals surface area contributed by atoms with E-state index in [0.29, 0.717) is 23.8 Å². The van der Waals surface area contributed by atoms with Crippen LogP contribution in [0.2, 0.25) is 0 Å². The van der Waals surface area contributed by atoms with Crippen molar-refractivity contribution < 1.29 is 28.2 Å². The number of halogens is 1. The van der Waals surface area contributed by atoms with Crippen molar-refractivity contribution in [3.63, 3.8) is 0 Å². The molecule has 3 saturated carbocycles. The molecule has 6 rings (SSSR count). The van der Waals surface area contributed by atoms with E-state index in [1.54, 1.807) is 19.1 Å². The molecule has 3 fully saturated rings. The third-order valence-corrected chi connectivity index (χ3v) is 7.54. The second kappa shape index (κ2) is 8.29. The van der Waals surface area contributed by atoms with Crippen molar-refractivity contribution in [1.29, 1.82) is 0 Å². The van der Waals surface area contributed by atoms with E-state index < -0.39 is 6.04 Å². The third kappa shape index (κ3) is 4.24. The van der Waals surface area contributed by atoms with Gasteiger partial charge in [-0.05, 0) is 79.8 Å². The molecule has 0 saturated heterocycles. The van der Waals surface area contributed by atoms with Crippen LogP contribution in [0.15, 0.2) is 36.4 Å². The molecule has 2 aromatic rings. The first-order valence-electron chi connectivity index (χ1n) is 11.9. The van der Waals surface area contributed by atoms with Crippen LogP contribution in [0.1, 0.15) is 59.7 Å². The standard InChI is InChI=1S/C27H30FNO5/c1-4-27(28)33-22-8-7-19(11-23(22)34-27)25(31)29-26-12-20(13-26)21(14-26)15-32-24(30)10-18-6-5-16(2)17(3)9-18/h5-9,11,20-21H,4,10,12-15H2,1-3H3,(H,29,31). The largest absolute Gasteiger partial charge is 0.465 e. The number of amides is 1. The van der Waals surface area contributed by atoms with Gasteiger partial charge in [0.15, 0.2) is 11.5 Å². The zero-order valence-electron chi connectivity index (χ0n) is 19.8. The average molecular weight is 468 g/mol. The number of ether oxygens (including phenoxy) is 3. The van der Waals surface area contributed by atoms with Crippen LogP contribution in [0.3, 0.4) is 0 Å². The Morgan fingerprint density at radius 3 is 2.56 bits per heavy atom. The summed E-state index contributed by atoms with van der Waals surface area (Å²) in [5.41, 5.74) is 3.46. The molecule has 0 radical (unpaired) electrons. The molecule has 180 valence electrons. The smallest absolute Gasteiger partial charge is 0.407 e. The lowest BCUT2D eigenvalue weighted by Crippen LogP contribution is -2.51. The molecule has 6 nitrogen and oxygen atoms in total. The maximum Gasteiger partial charge on any atom is 0.407 e. The highest BCUT2D eigenvalue weighted by atomic mass is 19.2. The number of carbonyl (C=O) groups is 2. The summed E-state index contributed by atoms with van der Waals surface area (Å²) in [6, 6.07) is 8.54. The van der Waals surface area contributed by atoms with Crippen LogP contribution in [0.25, 0.3) is 0 Å². The van der Waals surface area contributed by atoms with Gasteiger partial charge in [0.2, 0.25) is 0 Å². The topological polar surface area (TPSA) is 73.9 Å². The van der Waals surface area contributed by atoms with E-state index in [4.69, 9.17) is 14.2 Å². The molecule has 34 heavy (non-hydrogen) atoms. The summed E-state index contributed by atoms with van der Waals surface area (Å²) in [4.78, 5) is 25.3. The lowest BCUT2D eigenvalue weighted by atomic mass is 9.76. The molecule has 2 atom stereocenters. The monoisotopic (exact) mass is 467 g/mol. The van der Waals surface area contributed by atoms with E-state index in [1.165, 1.54) is 11.6 Å². The Bertz CT molecular complexity index is 1140. The molecule has 0 spiro atoms. The maximum absolute atomic E-state index is 14.3. The number of benzene rings is 2. The Hall–Kier alpha value is -3.09. The lowest BCUT2D eigenvalue weighted by molar-refractivity contribution is -0.191. The van der Waals surface area contributed by atoms with Crippen molar-refractivity contribution in [2.24, 2.45) is 11.8 Å². The minimum absolute atomic E-state index is 0.0460. The van der Waals surface area contributed by atoms with Crippen molar-refractivity contribution in [3.8, 4) is 11.5 Å². The van der Waals surface area contributed by atoms with Crippen molar-refractivity contribution >= 4 is 11.9 Å². The Kier molecular flexibility index (Phi) is 5.53. The van der Waals surface area contributed by atoms with Gasteiger partial charge in [-0.1, -0.05) is 25.1 Å². The molecular formula is C27H30FNO5. The minimum Gasteiger partial charge on any atom is -0.465 e. The van der Waals surface area contributed by atoms with E-state index in [1.807, 2.05) is 32.0 Å². The number of esters is 1. The Morgan fingerprint density at radius 2 is 1.82 bits per heavy atom. The number of hydrogen-bond acceptors (Lipinski definition) is 5. The Morgan fingerprint density at radius 1 is 1.06 bits per heavy atom. The van der Waals surface area contributed by atoms with Gasteiger partial charge in [0.1, 0.15) is 0 Å². The summed E-state index contributed by atoms with van der Waals surface area (Å²) >= 11 is 0. The van der Waals surface area contributed by atoms with Gasteiger partial charge in [0.05, 0.1) is 19.4 Å². The normalized spacial score (nSPS) is 28.4. The van der Waals surface area contributed by atoms with Crippen LogP contribution in [-0.4, -0.2) is 30.1 Å². The zero-order chi connectivity index (χ0) is 24.1. The summed E-state index contributed by atoms with van der Waals surface area (Å²) in [6.45, 7) is 6.09. The van der Waals surface area contributed by atoms with Crippen LogP contribution in [-0.2, 0) is 16.0 Å². The van der Waals surface area contributed by atoms with Gasteiger partial charge in [-0.3, -0.25) is 9.59 Å². The number of alkyl halides is 1. The molecule has 1 aliphatic heterocycles. The summed E-state index contributed by atoms with van der Waals surface area (Å²) in [5.74, 6) is 0.792. The highest BCUT2D eigenvalue weighted by molar-refractivity contribution is 5.95. The fourth-order valence-corrected chi connectivity index (χ4v) is 5.41. The van der Waals surface area contributed by atoms with E-state index in [0.717, 1.165) is 30.4 Å². The second-order valence-electron chi connectivity index (χ2n) is 10.0. The molecule has 3 aliphatic carbocycles. The van der Waals surface area contributed by atoms with Crippen LogP contribution < -0.4 is 14.8 Å². The molecule has 1 N–H and O–H groups in total. The summed E-state index contributed by atoms with van der Waals surface area (Å²) in [7, 11) is 0. The Labute approximate surface area is 198 Å². The molecule has 1 heterocycles. The molecule has 2 unspecified atom stereocenters. The molecule has 2 bridgehead atoms. The molecule has 1 amide bonds. The average Bonchev–Trinajstić information content (AvgIpc) is 3.42. The van der Waals surface area contributed by atoms with Gasteiger partial charge in [0, 0.05) is 11.1 Å². The third-order valence-electron chi connectivity index (χ3n) is 7.54. The van der Waals surface area contributed by atoms with E-state index in [-0.39, 0.29) is 41.9 Å². The van der Waals surface area contributed by atoms with Crippen LogP contribution in [0.4, 0.5) is 4.39 Å². The molecule has 2 aromatic carbocycles. The van der Waals surface area contributed by atoms with Crippen LogP contribution in [0.5, 0.6) is 11.5 Å². The number of hydrogen-bond donors (Lipinski definition) is 1. The fourth-order valence-electron chi connectivity index (χ4n) is 5.41. The number of rotatable bonds is 7. The molecule has 0 aromatic heterocycles. The van der Waals surface area contributed by atoms with E-state index in [9.17, 15) is 14.0 Å². The second-order valence-corrected chi connectivity index (χ2v) is 10.0. The SMILES string of the molecule is CCC1(F)Oc2ccc(C(=O)NC34CC(COC(=O)Cc5ccc(C)c(C)c5)C(C3)C4)cc2O1. The lowest BCUT2D eigenvalue weighted by Gasteiger charge is -2.39. The van der Waals surface area contributed by atoms with E-state index >= 15 is 0 Å². The van der Waals surface area contributed by atoms with Gasteiger partial charge >= 0.3 is 12.0 Å². The van der Waals surface area contributed by atoms with Crippen molar-refractivity contribution in [3.05, 3.63) is 58.7 Å². The first-order chi connectivity index (χ1) is 16.2. The minimum atomic E-state index is -2.17. The van der Waals surface area contributed by atoms with Gasteiger partial charge in [-0.2, -0.15) is 4.39 Å². The van der Waals surface area contributed by atoms with Crippen molar-refractivity contribution in [2.75, 3.05) is 6.61 Å². The van der Waals surface area contributed by atoms with Gasteiger partial charge < -0.3 is 19.5 Å². The van der Waals surface area contributed by atoms with Gasteiger partial charge in [-0.25, -0.2) is 0 Å². The highest BCUT2D eigenvalue weighted by Crippen LogP contribution is 2.55. The molecule has 7 heteroatoms. The molecule has 4 aliphatic rings. The van der Waals surface area contributed by atoms with Gasteiger partial charge in [0.25, 0.3) is 5.91 Å². The predicted octanol–water partition coefficient (Wildman–Crippen LogP) is 4.79. The molecular weight excluding hydrogens is 437 g/mol. The number of fused-ring (bicyclic) bond motifs is 2. The number of carbonyl (C=O) groups excluding carboxylic acids is 2. The first kappa shape index (κ1) is 22.7. The maximum atomic E-state index is 14.3.